The standard InChI is InChI=1S/C12H14N4O4S/c1-2-3-13-11-15-8(7-21-11)10(18)20-6-9(17)16-5-4-14-12(16)19/h2,7H,1,3-6H2,(H,13,15)(H,14,19). The van der Waals surface area contributed by atoms with E-state index < -0.39 is 24.5 Å². The summed E-state index contributed by atoms with van der Waals surface area (Å²) in [5.74, 6) is -1.26. The number of amides is 3. The van der Waals surface area contributed by atoms with Crippen LogP contribution in [0.2, 0.25) is 0 Å². The molecule has 0 saturated carbocycles. The molecular formula is C12H14N4O4S. The van der Waals surface area contributed by atoms with Crippen molar-refractivity contribution in [1.29, 1.82) is 0 Å². The molecule has 1 aromatic heterocycles. The van der Waals surface area contributed by atoms with Crippen molar-refractivity contribution in [3.05, 3.63) is 23.7 Å². The van der Waals surface area contributed by atoms with Gasteiger partial charge in [-0.15, -0.1) is 17.9 Å². The smallest absolute Gasteiger partial charge is 0.358 e. The fraction of sp³-hybridized carbons (Fsp3) is 0.333. The zero-order chi connectivity index (χ0) is 15.2. The van der Waals surface area contributed by atoms with Gasteiger partial charge in [0.2, 0.25) is 0 Å². The lowest BCUT2D eigenvalue weighted by Gasteiger charge is -2.11. The van der Waals surface area contributed by atoms with Crippen LogP contribution in [0.1, 0.15) is 10.5 Å². The van der Waals surface area contributed by atoms with Gasteiger partial charge in [-0.3, -0.25) is 9.69 Å². The molecule has 0 bridgehead atoms. The minimum absolute atomic E-state index is 0.116. The molecule has 9 heteroatoms. The number of imide groups is 1. The van der Waals surface area contributed by atoms with Crippen molar-refractivity contribution in [2.24, 2.45) is 0 Å². The number of rotatable bonds is 6. The van der Waals surface area contributed by atoms with Crippen LogP contribution in [0.15, 0.2) is 18.0 Å². The van der Waals surface area contributed by atoms with E-state index in [2.05, 4.69) is 22.2 Å². The molecule has 112 valence electrons. The zero-order valence-corrected chi connectivity index (χ0v) is 11.9. The van der Waals surface area contributed by atoms with Crippen LogP contribution >= 0.6 is 11.3 Å². The molecule has 2 heterocycles. The Kier molecular flexibility index (Phi) is 4.88. The van der Waals surface area contributed by atoms with Crippen molar-refractivity contribution in [3.8, 4) is 0 Å². The molecule has 0 unspecified atom stereocenters. The molecule has 0 aliphatic carbocycles. The molecule has 1 fully saturated rings. The molecular weight excluding hydrogens is 296 g/mol. The molecule has 21 heavy (non-hydrogen) atoms. The van der Waals surface area contributed by atoms with Gasteiger partial charge in [0, 0.05) is 25.0 Å². The topological polar surface area (TPSA) is 101 Å². The number of esters is 1. The van der Waals surface area contributed by atoms with Crippen LogP contribution in [0.25, 0.3) is 0 Å². The number of carbonyl (C=O) groups excluding carboxylic acids is 3. The first-order valence-electron chi connectivity index (χ1n) is 6.17. The van der Waals surface area contributed by atoms with E-state index in [1.54, 1.807) is 6.08 Å². The second-order valence-electron chi connectivity index (χ2n) is 4.06. The van der Waals surface area contributed by atoms with Crippen molar-refractivity contribution in [2.45, 2.75) is 0 Å². The summed E-state index contributed by atoms with van der Waals surface area (Å²) in [6.07, 6.45) is 1.67. The summed E-state index contributed by atoms with van der Waals surface area (Å²) in [7, 11) is 0. The Morgan fingerprint density at radius 2 is 2.43 bits per heavy atom. The van der Waals surface area contributed by atoms with E-state index in [-0.39, 0.29) is 12.2 Å². The number of ether oxygens (including phenoxy) is 1. The second-order valence-corrected chi connectivity index (χ2v) is 4.92. The third-order valence-electron chi connectivity index (χ3n) is 2.60. The molecule has 0 atom stereocenters. The third-order valence-corrected chi connectivity index (χ3v) is 3.40. The predicted octanol–water partition coefficient (Wildman–Crippen LogP) is 0.450. The first kappa shape index (κ1) is 15.0. The van der Waals surface area contributed by atoms with Gasteiger partial charge in [0.25, 0.3) is 5.91 Å². The Bertz CT molecular complexity index is 571. The Hall–Kier alpha value is -2.42. The number of anilines is 1. The molecule has 1 aromatic rings. The van der Waals surface area contributed by atoms with Crippen molar-refractivity contribution in [3.63, 3.8) is 0 Å². The largest absolute Gasteiger partial charge is 0.451 e. The van der Waals surface area contributed by atoms with Gasteiger partial charge in [0.05, 0.1) is 0 Å². The Balaban J connectivity index is 1.83. The number of hydrogen-bond donors (Lipinski definition) is 2. The number of urea groups is 1. The number of hydrogen-bond acceptors (Lipinski definition) is 7. The van der Waals surface area contributed by atoms with Gasteiger partial charge < -0.3 is 15.4 Å². The van der Waals surface area contributed by atoms with E-state index >= 15 is 0 Å². The van der Waals surface area contributed by atoms with E-state index in [0.717, 1.165) is 4.90 Å². The highest BCUT2D eigenvalue weighted by atomic mass is 32.1. The van der Waals surface area contributed by atoms with Crippen LogP contribution in [0.3, 0.4) is 0 Å². The SMILES string of the molecule is C=CCNc1nc(C(=O)OCC(=O)N2CCNC2=O)cs1. The van der Waals surface area contributed by atoms with Crippen LogP contribution < -0.4 is 10.6 Å². The molecule has 0 spiro atoms. The lowest BCUT2D eigenvalue weighted by molar-refractivity contribution is -0.130. The highest BCUT2D eigenvalue weighted by molar-refractivity contribution is 7.13. The van der Waals surface area contributed by atoms with Gasteiger partial charge in [-0.1, -0.05) is 6.08 Å². The normalized spacial score (nSPS) is 13.7. The Morgan fingerprint density at radius 3 is 3.10 bits per heavy atom. The molecule has 0 radical (unpaired) electrons. The minimum atomic E-state index is -0.703. The summed E-state index contributed by atoms with van der Waals surface area (Å²) in [6.45, 7) is 4.29. The van der Waals surface area contributed by atoms with Crippen molar-refractivity contribution in [1.82, 2.24) is 15.2 Å². The van der Waals surface area contributed by atoms with Crippen LogP contribution in [0.4, 0.5) is 9.93 Å². The summed E-state index contributed by atoms with van der Waals surface area (Å²) in [6, 6.07) is -0.472. The van der Waals surface area contributed by atoms with Crippen molar-refractivity contribution in [2.75, 3.05) is 31.6 Å². The fourth-order valence-corrected chi connectivity index (χ4v) is 2.29. The van der Waals surface area contributed by atoms with Crippen LogP contribution in [0.5, 0.6) is 0 Å². The Labute approximate surface area is 124 Å². The number of nitrogens with zero attached hydrogens (tertiary/aromatic N) is 2. The third kappa shape index (κ3) is 3.78. The molecule has 1 aliphatic heterocycles. The molecule has 3 amide bonds. The second kappa shape index (κ2) is 6.84. The summed E-state index contributed by atoms with van der Waals surface area (Å²) in [5.41, 5.74) is 0.116. The average molecular weight is 310 g/mol. The molecule has 2 N–H and O–H groups in total. The minimum Gasteiger partial charge on any atom is -0.451 e. The first-order valence-corrected chi connectivity index (χ1v) is 7.05. The summed E-state index contributed by atoms with van der Waals surface area (Å²) < 4.78 is 4.85. The van der Waals surface area contributed by atoms with Gasteiger partial charge >= 0.3 is 12.0 Å². The average Bonchev–Trinajstić information content (AvgIpc) is 3.11. The van der Waals surface area contributed by atoms with E-state index in [9.17, 15) is 14.4 Å². The maximum Gasteiger partial charge on any atom is 0.358 e. The van der Waals surface area contributed by atoms with Gasteiger partial charge in [0.1, 0.15) is 0 Å². The molecule has 8 nitrogen and oxygen atoms in total. The monoisotopic (exact) mass is 310 g/mol. The maximum atomic E-state index is 11.7. The van der Waals surface area contributed by atoms with E-state index in [1.807, 2.05) is 0 Å². The van der Waals surface area contributed by atoms with E-state index in [0.29, 0.717) is 18.2 Å². The van der Waals surface area contributed by atoms with Crippen molar-refractivity contribution >= 4 is 34.4 Å². The quantitative estimate of drug-likeness (QED) is 0.584. The summed E-state index contributed by atoms with van der Waals surface area (Å²) in [4.78, 5) is 39.7. The molecule has 1 saturated heterocycles. The number of carbonyl (C=O) groups is 3. The lowest BCUT2D eigenvalue weighted by Crippen LogP contribution is -2.37. The highest BCUT2D eigenvalue weighted by Crippen LogP contribution is 2.15. The predicted molar refractivity (Wildman–Crippen MR) is 76.2 cm³/mol. The number of thiazole rings is 1. The van der Waals surface area contributed by atoms with Gasteiger partial charge in [-0.05, 0) is 0 Å². The summed E-state index contributed by atoms with van der Waals surface area (Å²) >= 11 is 1.25. The van der Waals surface area contributed by atoms with Crippen LogP contribution in [-0.2, 0) is 9.53 Å². The summed E-state index contributed by atoms with van der Waals surface area (Å²) in [5, 5.41) is 7.52. The molecule has 2 rings (SSSR count). The van der Waals surface area contributed by atoms with Gasteiger partial charge in [-0.25, -0.2) is 14.6 Å². The maximum absolute atomic E-state index is 11.7. The van der Waals surface area contributed by atoms with Crippen molar-refractivity contribution < 1.29 is 19.1 Å². The van der Waals surface area contributed by atoms with Gasteiger partial charge in [-0.2, -0.15) is 0 Å². The van der Waals surface area contributed by atoms with E-state index in [4.69, 9.17) is 4.74 Å². The lowest BCUT2D eigenvalue weighted by atomic mass is 10.5. The van der Waals surface area contributed by atoms with Crippen LogP contribution in [-0.4, -0.2) is 54.0 Å². The number of aromatic nitrogens is 1. The fourth-order valence-electron chi connectivity index (χ4n) is 1.60. The highest BCUT2D eigenvalue weighted by Gasteiger charge is 2.27. The van der Waals surface area contributed by atoms with Gasteiger partial charge in [0.15, 0.2) is 17.4 Å². The van der Waals surface area contributed by atoms with Crippen LogP contribution in [0, 0.1) is 0 Å². The number of nitrogens with one attached hydrogen (secondary N) is 2. The first-order chi connectivity index (χ1) is 10.1. The Morgan fingerprint density at radius 1 is 1.62 bits per heavy atom. The molecule has 1 aliphatic rings. The van der Waals surface area contributed by atoms with E-state index in [1.165, 1.54) is 16.7 Å². The molecule has 0 aromatic carbocycles. The zero-order valence-electron chi connectivity index (χ0n) is 11.1.